The number of rotatable bonds is 4. The topological polar surface area (TPSA) is 17.8 Å². The lowest BCUT2D eigenvalue weighted by molar-refractivity contribution is -0.0399. The third kappa shape index (κ3) is 4.65. The molecular formula is C59H48N2S. The molecule has 9 aromatic rings. The zero-order chi connectivity index (χ0) is 40.9. The Kier molecular flexibility index (Phi) is 7.26. The summed E-state index contributed by atoms with van der Waals surface area (Å²) in [6.45, 7) is 0. The summed E-state index contributed by atoms with van der Waals surface area (Å²) in [6, 6.07) is 61.8. The van der Waals surface area contributed by atoms with Crippen molar-refractivity contribution >= 4 is 31.8 Å². The van der Waals surface area contributed by atoms with Crippen molar-refractivity contribution in [3.05, 3.63) is 181 Å². The van der Waals surface area contributed by atoms with Crippen molar-refractivity contribution in [2.75, 3.05) is 12.5 Å². The van der Waals surface area contributed by atoms with E-state index in [4.69, 9.17) is 4.98 Å². The Labute approximate surface area is 365 Å². The Morgan fingerprint density at radius 1 is 0.500 bits per heavy atom. The fourth-order valence-corrected chi connectivity index (χ4v) is 16.9. The molecule has 5 aliphatic carbocycles. The van der Waals surface area contributed by atoms with Gasteiger partial charge in [-0.1, -0.05) is 121 Å². The first-order valence-electron chi connectivity index (χ1n) is 22.8. The van der Waals surface area contributed by atoms with E-state index < -0.39 is 10.0 Å². The van der Waals surface area contributed by atoms with Crippen LogP contribution in [-0.2, 0) is 5.41 Å². The Morgan fingerprint density at radius 3 is 1.89 bits per heavy atom. The lowest BCUT2D eigenvalue weighted by Crippen LogP contribution is -2.55. The summed E-state index contributed by atoms with van der Waals surface area (Å²) in [6.07, 6.45) is 14.3. The Bertz CT molecular complexity index is 3290. The molecule has 15 rings (SSSR count). The highest BCUT2D eigenvalue weighted by atomic mass is 32.3. The number of aromatic nitrogens is 2. The van der Waals surface area contributed by atoms with Crippen LogP contribution < -0.4 is 0 Å². The largest absolute Gasteiger partial charge is 0.309 e. The Balaban J connectivity index is 0.879. The van der Waals surface area contributed by atoms with Gasteiger partial charge < -0.3 is 4.57 Å². The highest BCUT2D eigenvalue weighted by Gasteiger charge is 2.62. The van der Waals surface area contributed by atoms with E-state index in [9.17, 15) is 0 Å². The highest BCUT2D eigenvalue weighted by Crippen LogP contribution is 2.76. The minimum Gasteiger partial charge on any atom is -0.309 e. The number of pyridine rings is 1. The van der Waals surface area contributed by atoms with Crippen LogP contribution in [-0.4, -0.2) is 22.1 Å². The molecule has 2 aromatic heterocycles. The molecular weight excluding hydrogens is 769 g/mol. The Morgan fingerprint density at radius 2 is 1.13 bits per heavy atom. The maximum atomic E-state index is 5.40. The van der Waals surface area contributed by atoms with E-state index in [0.29, 0.717) is 0 Å². The lowest BCUT2D eigenvalue weighted by atomic mass is 9.43. The summed E-state index contributed by atoms with van der Waals surface area (Å²) in [7, 11) is -1.29. The van der Waals surface area contributed by atoms with Gasteiger partial charge >= 0.3 is 0 Å². The standard InChI is InChI=1S/C59H48N2S/c1-62(2)55-19-11-8-16-48(55)56-49(34-51-57(58(56)62)47-15-6-9-17-50(47)59(51)42-29-36-28-37(31-42)32-43(59)30-36)52-27-25-41(35-60-52)39-22-20-38(21-23-39)40-24-26-46-45-14-7-10-18-53(45)61(54(46)33-40)44-12-4-3-5-13-44/h3-27,33-37,42-43H,28-32H2,1-2H3. The molecule has 0 saturated heterocycles. The Hall–Kier alpha value is -6.16. The third-order valence-corrected chi connectivity index (χ3v) is 19.2. The maximum absolute atomic E-state index is 5.40. The van der Waals surface area contributed by atoms with E-state index >= 15 is 0 Å². The van der Waals surface area contributed by atoms with Gasteiger partial charge in [0.1, 0.15) is 0 Å². The molecule has 0 N–H and O–H groups in total. The molecule has 2 nitrogen and oxygen atoms in total. The van der Waals surface area contributed by atoms with Crippen LogP contribution in [0.2, 0.25) is 0 Å². The van der Waals surface area contributed by atoms with Crippen molar-refractivity contribution in [1.82, 2.24) is 9.55 Å². The summed E-state index contributed by atoms with van der Waals surface area (Å²) in [5.74, 6) is 3.28. The number of benzene rings is 7. The van der Waals surface area contributed by atoms with E-state index in [1.165, 1.54) is 103 Å². The highest BCUT2D eigenvalue weighted by molar-refractivity contribution is 8.33. The van der Waals surface area contributed by atoms with E-state index in [1.54, 1.807) is 21.6 Å². The second-order valence-electron chi connectivity index (χ2n) is 19.5. The molecule has 4 bridgehead atoms. The van der Waals surface area contributed by atoms with Crippen molar-refractivity contribution in [2.45, 2.75) is 47.3 Å². The predicted octanol–water partition coefficient (Wildman–Crippen LogP) is 15.4. The van der Waals surface area contributed by atoms with Crippen molar-refractivity contribution in [1.29, 1.82) is 0 Å². The number of para-hydroxylation sites is 2. The second kappa shape index (κ2) is 12.7. The van der Waals surface area contributed by atoms with Crippen LogP contribution in [0, 0.1) is 23.7 Å². The predicted molar refractivity (Wildman–Crippen MR) is 260 cm³/mol. The summed E-state index contributed by atoms with van der Waals surface area (Å²) >= 11 is 0. The van der Waals surface area contributed by atoms with E-state index in [-0.39, 0.29) is 5.41 Å². The maximum Gasteiger partial charge on any atom is 0.0709 e. The van der Waals surface area contributed by atoms with Gasteiger partial charge in [0.2, 0.25) is 0 Å². The average molecular weight is 817 g/mol. The van der Waals surface area contributed by atoms with Gasteiger partial charge in [-0.05, 0) is 155 Å². The number of hydrogen-bond acceptors (Lipinski definition) is 1. The molecule has 62 heavy (non-hydrogen) atoms. The molecule has 3 heterocycles. The molecule has 1 aliphatic heterocycles. The molecule has 0 atom stereocenters. The van der Waals surface area contributed by atoms with Crippen LogP contribution in [0.3, 0.4) is 0 Å². The number of nitrogens with zero attached hydrogens (tertiary/aromatic N) is 2. The van der Waals surface area contributed by atoms with Gasteiger partial charge in [0.15, 0.2) is 0 Å². The van der Waals surface area contributed by atoms with Crippen molar-refractivity contribution in [2.24, 2.45) is 23.7 Å². The molecule has 7 aromatic carbocycles. The van der Waals surface area contributed by atoms with E-state index in [2.05, 4.69) is 187 Å². The zero-order valence-electron chi connectivity index (χ0n) is 35.3. The van der Waals surface area contributed by atoms with Gasteiger partial charge in [-0.2, -0.15) is 10.0 Å². The van der Waals surface area contributed by atoms with Crippen LogP contribution in [0.25, 0.3) is 83.3 Å². The van der Waals surface area contributed by atoms with Crippen molar-refractivity contribution in [3.8, 4) is 61.5 Å². The molecule has 6 aliphatic rings. The molecule has 0 radical (unpaired) electrons. The van der Waals surface area contributed by atoms with Crippen LogP contribution in [0.1, 0.15) is 43.2 Å². The molecule has 300 valence electrons. The van der Waals surface area contributed by atoms with Crippen LogP contribution in [0.5, 0.6) is 0 Å². The summed E-state index contributed by atoms with van der Waals surface area (Å²) in [5.41, 5.74) is 20.1. The van der Waals surface area contributed by atoms with Crippen LogP contribution in [0.15, 0.2) is 180 Å². The van der Waals surface area contributed by atoms with Gasteiger partial charge in [0, 0.05) is 54.6 Å². The zero-order valence-corrected chi connectivity index (χ0v) is 36.1. The smallest absolute Gasteiger partial charge is 0.0709 e. The average Bonchev–Trinajstić information content (AvgIpc) is 3.89. The molecule has 0 amide bonds. The van der Waals surface area contributed by atoms with Crippen LogP contribution >= 0.6 is 10.0 Å². The molecule has 1 spiro atoms. The monoisotopic (exact) mass is 816 g/mol. The van der Waals surface area contributed by atoms with Gasteiger partial charge in [-0.25, -0.2) is 0 Å². The normalized spacial score (nSPS) is 23.7. The molecule has 4 saturated carbocycles. The minimum atomic E-state index is -1.29. The van der Waals surface area contributed by atoms with E-state index in [1.807, 2.05) is 0 Å². The SMILES string of the molecule is CS1(C)c2ccccc2-c2c(-c3ccc(-c4ccc(-c5ccc6c7ccccc7n(-c7ccccc7)c6c5)cc4)cn3)cc3c(c21)-c1ccccc1C31C2CC3CC(C2)CC1C3. The second-order valence-corrected chi connectivity index (χ2v) is 23.0. The first-order valence-corrected chi connectivity index (χ1v) is 25.2. The fourth-order valence-electron chi connectivity index (χ4n) is 14.1. The quantitative estimate of drug-likeness (QED) is 0.173. The lowest BCUT2D eigenvalue weighted by Gasteiger charge is -2.61. The van der Waals surface area contributed by atoms with Gasteiger partial charge in [0.05, 0.1) is 16.7 Å². The van der Waals surface area contributed by atoms with Gasteiger partial charge in [-0.15, -0.1) is 0 Å². The van der Waals surface area contributed by atoms with Gasteiger partial charge in [-0.3, -0.25) is 4.98 Å². The fraction of sp³-hybridized carbons (Fsp3) is 0.203. The molecule has 0 unspecified atom stereocenters. The van der Waals surface area contributed by atoms with Gasteiger partial charge in [0.25, 0.3) is 0 Å². The van der Waals surface area contributed by atoms with E-state index in [0.717, 1.165) is 34.9 Å². The first kappa shape index (κ1) is 35.4. The number of hydrogen-bond donors (Lipinski definition) is 0. The van der Waals surface area contributed by atoms with Crippen molar-refractivity contribution < 1.29 is 0 Å². The minimum absolute atomic E-state index is 0.109. The third-order valence-electron chi connectivity index (χ3n) is 16.3. The first-order chi connectivity index (χ1) is 30.5. The number of fused-ring (bicyclic) bond motifs is 10. The van der Waals surface area contributed by atoms with Crippen molar-refractivity contribution in [3.63, 3.8) is 0 Å². The van der Waals surface area contributed by atoms with Crippen LogP contribution in [0.4, 0.5) is 0 Å². The molecule has 4 fully saturated rings. The molecule has 3 heteroatoms. The summed E-state index contributed by atoms with van der Waals surface area (Å²) in [5, 5.41) is 2.55. The summed E-state index contributed by atoms with van der Waals surface area (Å²) in [4.78, 5) is 8.53. The summed E-state index contributed by atoms with van der Waals surface area (Å²) < 4.78 is 2.40.